The summed E-state index contributed by atoms with van der Waals surface area (Å²) in [7, 11) is 1.55. The highest BCUT2D eigenvalue weighted by atomic mass is 31.2. The molecule has 0 saturated carbocycles. The molecule has 0 bridgehead atoms. The topological polar surface area (TPSA) is 105 Å². The van der Waals surface area contributed by atoms with Gasteiger partial charge in [0.05, 0.1) is 39.9 Å². The lowest BCUT2D eigenvalue weighted by Gasteiger charge is -2.25. The number of aliphatic hydroxyl groups excluding tert-OH is 1. The van der Waals surface area contributed by atoms with E-state index in [2.05, 4.69) is 55.6 Å². The number of phosphoric ester groups is 1. The second-order valence-corrected chi connectivity index (χ2v) is 16.8. The maximum atomic E-state index is 12.8. The van der Waals surface area contributed by atoms with Gasteiger partial charge in [-0.25, -0.2) is 4.57 Å². The van der Waals surface area contributed by atoms with Crippen LogP contribution >= 0.6 is 7.82 Å². The molecule has 52 heavy (non-hydrogen) atoms. The van der Waals surface area contributed by atoms with Crippen molar-refractivity contribution in [3.05, 3.63) is 48.6 Å². The predicted molar refractivity (Wildman–Crippen MR) is 221 cm³/mol. The van der Waals surface area contributed by atoms with Crippen molar-refractivity contribution in [3.8, 4) is 0 Å². The fourth-order valence-electron chi connectivity index (χ4n) is 5.63. The fourth-order valence-corrected chi connectivity index (χ4v) is 6.37. The summed E-state index contributed by atoms with van der Waals surface area (Å²) in [5.41, 5.74) is 0. The molecule has 0 heterocycles. The normalized spacial score (nSPS) is 15.0. The highest BCUT2D eigenvalue weighted by Gasteiger charge is 2.27. The third-order valence-corrected chi connectivity index (χ3v) is 10.0. The number of carbonyl (C=O) groups is 1. The number of rotatable bonds is 37. The Morgan fingerprint density at radius 1 is 0.654 bits per heavy atom. The Morgan fingerprint density at radius 2 is 1.10 bits per heavy atom. The van der Waals surface area contributed by atoms with Crippen molar-refractivity contribution >= 4 is 13.7 Å². The summed E-state index contributed by atoms with van der Waals surface area (Å²) in [6.07, 6.45) is 43.2. The van der Waals surface area contributed by atoms with Crippen molar-refractivity contribution in [3.63, 3.8) is 0 Å². The third kappa shape index (κ3) is 36.8. The van der Waals surface area contributed by atoms with Gasteiger partial charge in [-0.3, -0.25) is 13.8 Å². The highest BCUT2D eigenvalue weighted by Crippen LogP contribution is 2.43. The van der Waals surface area contributed by atoms with Gasteiger partial charge < -0.3 is 19.8 Å². The van der Waals surface area contributed by atoms with Crippen molar-refractivity contribution in [1.29, 1.82) is 0 Å². The number of likely N-dealkylation sites (N-methyl/N-ethyl adjacent to an activating group) is 1. The zero-order valence-corrected chi connectivity index (χ0v) is 35.2. The second kappa shape index (κ2) is 35.2. The summed E-state index contributed by atoms with van der Waals surface area (Å²) in [6.45, 7) is 4.74. The summed E-state index contributed by atoms with van der Waals surface area (Å²) in [6, 6.07) is -0.851. The Bertz CT molecular complexity index is 991. The summed E-state index contributed by atoms with van der Waals surface area (Å²) >= 11 is 0. The molecule has 0 aliphatic rings. The molecule has 3 atom stereocenters. The van der Waals surface area contributed by atoms with Crippen LogP contribution in [-0.4, -0.2) is 73.4 Å². The first-order chi connectivity index (χ1) is 25.0. The van der Waals surface area contributed by atoms with Crippen LogP contribution in [0.25, 0.3) is 0 Å². The average molecular weight is 754 g/mol. The average Bonchev–Trinajstić information content (AvgIpc) is 3.09. The highest BCUT2D eigenvalue weighted by molar-refractivity contribution is 7.47. The molecular weight excluding hydrogens is 671 g/mol. The van der Waals surface area contributed by atoms with Gasteiger partial charge in [-0.15, -0.1) is 0 Å². The summed E-state index contributed by atoms with van der Waals surface area (Å²) < 4.78 is 23.4. The van der Waals surface area contributed by atoms with Gasteiger partial charge in [0.15, 0.2) is 0 Å². The van der Waals surface area contributed by atoms with Crippen molar-refractivity contribution in [1.82, 2.24) is 5.32 Å². The smallest absolute Gasteiger partial charge is 0.387 e. The number of phosphoric acid groups is 1. The van der Waals surface area contributed by atoms with Crippen LogP contribution in [0.2, 0.25) is 0 Å². The van der Waals surface area contributed by atoms with Gasteiger partial charge in [0, 0.05) is 6.42 Å². The van der Waals surface area contributed by atoms with E-state index in [4.69, 9.17) is 9.05 Å². The summed E-state index contributed by atoms with van der Waals surface area (Å²) in [4.78, 5) is 23.0. The zero-order chi connectivity index (χ0) is 38.6. The van der Waals surface area contributed by atoms with Crippen LogP contribution in [-0.2, 0) is 18.4 Å². The van der Waals surface area contributed by atoms with Gasteiger partial charge in [-0.1, -0.05) is 152 Å². The van der Waals surface area contributed by atoms with Gasteiger partial charge in [0.25, 0.3) is 0 Å². The van der Waals surface area contributed by atoms with Crippen LogP contribution in [0.1, 0.15) is 168 Å². The standard InChI is InChI=1S/C43H81N2O6P/c1-6-8-10-12-14-16-17-18-19-20-21-22-23-24-25-26-27-29-31-33-35-37-43(47)44-41(40-51-52(48,49)50-39-38-45(3,4)5)42(46)36-34-32-30-28-15-13-11-9-7-2/h17-18,20-21,23-24,34,36,41-42,46H,6-16,19,22,25-33,35,37-40H2,1-5H3,(H-,44,47,48,49)/p+1/b18-17-,21-20-,24-23-,36-34+. The Morgan fingerprint density at radius 3 is 1.60 bits per heavy atom. The Balaban J connectivity index is 4.37. The molecule has 0 aliphatic heterocycles. The van der Waals surface area contributed by atoms with Crippen LogP contribution in [0.4, 0.5) is 0 Å². The molecule has 0 saturated heterocycles. The van der Waals surface area contributed by atoms with Crippen LogP contribution < -0.4 is 5.32 Å². The first kappa shape index (κ1) is 50.5. The maximum Gasteiger partial charge on any atom is 0.472 e. The van der Waals surface area contributed by atoms with Crippen molar-refractivity contribution in [2.45, 2.75) is 180 Å². The molecule has 8 nitrogen and oxygen atoms in total. The molecule has 0 aromatic rings. The SMILES string of the molecule is CCCCCCC/C=C\C/C=C\C/C=C\CCCCCCCCC(=O)NC(COP(=O)(O)OCC[N+](C)(C)C)C(O)/C=C/CCCCCCCCC. The Kier molecular flexibility index (Phi) is 34.1. The summed E-state index contributed by atoms with van der Waals surface area (Å²) in [5.74, 6) is -0.195. The zero-order valence-electron chi connectivity index (χ0n) is 34.3. The number of carbonyl (C=O) groups excluding carboxylic acids is 1. The molecule has 3 N–H and O–H groups in total. The Labute approximate surface area is 320 Å². The maximum absolute atomic E-state index is 12.8. The van der Waals surface area contributed by atoms with Crippen LogP contribution in [0.5, 0.6) is 0 Å². The minimum absolute atomic E-state index is 0.0567. The number of aliphatic hydroxyl groups is 1. The van der Waals surface area contributed by atoms with Gasteiger partial charge in [-0.2, -0.15) is 0 Å². The molecule has 0 radical (unpaired) electrons. The van der Waals surface area contributed by atoms with Crippen molar-refractivity contribution < 1.29 is 32.9 Å². The van der Waals surface area contributed by atoms with Gasteiger partial charge in [0.2, 0.25) is 5.91 Å². The molecule has 0 aromatic carbocycles. The number of hydrogen-bond acceptors (Lipinski definition) is 5. The van der Waals surface area contributed by atoms with Gasteiger partial charge in [0.1, 0.15) is 13.2 Å². The first-order valence-electron chi connectivity index (χ1n) is 21.0. The summed E-state index contributed by atoms with van der Waals surface area (Å²) in [5, 5.41) is 13.7. The van der Waals surface area contributed by atoms with Crippen LogP contribution in [0, 0.1) is 0 Å². The lowest BCUT2D eigenvalue weighted by Crippen LogP contribution is -2.45. The molecule has 304 valence electrons. The monoisotopic (exact) mass is 754 g/mol. The molecule has 1 amide bonds. The molecule has 0 rings (SSSR count). The van der Waals surface area contributed by atoms with E-state index >= 15 is 0 Å². The Hall–Kier alpha value is -1.54. The van der Waals surface area contributed by atoms with Crippen LogP contribution in [0.15, 0.2) is 48.6 Å². The number of allylic oxidation sites excluding steroid dienone is 7. The fraction of sp³-hybridized carbons (Fsp3) is 0.791. The van der Waals surface area contributed by atoms with E-state index in [9.17, 15) is 19.4 Å². The lowest BCUT2D eigenvalue weighted by molar-refractivity contribution is -0.870. The molecular formula is C43H82N2O6P+. The predicted octanol–water partition coefficient (Wildman–Crippen LogP) is 11.3. The number of hydrogen-bond donors (Lipinski definition) is 3. The molecule has 0 aliphatic carbocycles. The largest absolute Gasteiger partial charge is 0.472 e. The molecule has 9 heteroatoms. The van der Waals surface area contributed by atoms with E-state index in [1.807, 2.05) is 27.2 Å². The lowest BCUT2D eigenvalue weighted by atomic mass is 10.1. The minimum Gasteiger partial charge on any atom is -0.387 e. The van der Waals surface area contributed by atoms with Crippen molar-refractivity contribution in [2.75, 3.05) is 40.9 Å². The molecule has 3 unspecified atom stereocenters. The van der Waals surface area contributed by atoms with Crippen LogP contribution in [0.3, 0.4) is 0 Å². The third-order valence-electron chi connectivity index (χ3n) is 9.04. The van der Waals surface area contributed by atoms with E-state index in [-0.39, 0.29) is 19.1 Å². The second-order valence-electron chi connectivity index (χ2n) is 15.4. The van der Waals surface area contributed by atoms with E-state index < -0.39 is 20.0 Å². The number of amides is 1. The molecule has 0 aromatic heterocycles. The van der Waals surface area contributed by atoms with E-state index in [0.717, 1.165) is 64.2 Å². The number of unbranched alkanes of at least 4 members (excludes halogenated alkanes) is 18. The van der Waals surface area contributed by atoms with Crippen molar-refractivity contribution in [2.24, 2.45) is 0 Å². The number of quaternary nitrogens is 1. The van der Waals surface area contributed by atoms with E-state index in [1.54, 1.807) is 6.08 Å². The first-order valence-corrected chi connectivity index (χ1v) is 22.5. The van der Waals surface area contributed by atoms with Gasteiger partial charge in [-0.05, 0) is 57.8 Å². The molecule has 0 fully saturated rings. The minimum atomic E-state index is -4.33. The van der Waals surface area contributed by atoms with Gasteiger partial charge >= 0.3 is 7.82 Å². The van der Waals surface area contributed by atoms with E-state index in [1.165, 1.54) is 83.5 Å². The molecule has 0 spiro atoms. The number of nitrogens with one attached hydrogen (secondary N) is 1. The number of nitrogens with zero attached hydrogens (tertiary/aromatic N) is 1. The quantitative estimate of drug-likeness (QED) is 0.0252. The van der Waals surface area contributed by atoms with E-state index in [0.29, 0.717) is 17.4 Å².